The van der Waals surface area contributed by atoms with Gasteiger partial charge in [0.25, 0.3) is 0 Å². The molecule has 0 saturated carbocycles. The first-order chi connectivity index (χ1) is 14.0. The van der Waals surface area contributed by atoms with Gasteiger partial charge in [-0.1, -0.05) is 41.5 Å². The molecule has 0 unspecified atom stereocenters. The molecule has 2 fully saturated rings. The van der Waals surface area contributed by atoms with E-state index in [-0.39, 0.29) is 27.4 Å². The van der Waals surface area contributed by atoms with E-state index in [0.29, 0.717) is 17.9 Å². The van der Waals surface area contributed by atoms with Crippen LogP contribution in [0.15, 0.2) is 0 Å². The summed E-state index contributed by atoms with van der Waals surface area (Å²) in [6.45, 7) is 22.4. The average molecular weight is 431 g/mol. The fourth-order valence-corrected chi connectivity index (χ4v) is 4.17. The van der Waals surface area contributed by atoms with Crippen LogP contribution in [-0.2, 0) is 5.54 Å². The number of anilines is 2. The normalized spacial score (nSPS) is 25.3. The van der Waals surface area contributed by atoms with Gasteiger partial charge in [0.1, 0.15) is 0 Å². The van der Waals surface area contributed by atoms with Crippen molar-refractivity contribution in [2.75, 3.05) is 10.6 Å². The molecule has 6 nitrogen and oxygen atoms in total. The molecule has 0 aliphatic carbocycles. The van der Waals surface area contributed by atoms with Crippen LogP contribution in [0.1, 0.15) is 114 Å². The van der Waals surface area contributed by atoms with Gasteiger partial charge in [-0.3, -0.25) is 0 Å². The zero-order valence-electron chi connectivity index (χ0n) is 21.7. The third-order valence-electron chi connectivity index (χ3n) is 8.45. The largest absolute Gasteiger partial charge is 0.349 e. The van der Waals surface area contributed by atoms with Crippen LogP contribution in [0.5, 0.6) is 0 Å². The summed E-state index contributed by atoms with van der Waals surface area (Å²) in [5, 5.41) is 11.2. The third-order valence-corrected chi connectivity index (χ3v) is 8.45. The second-order valence-corrected chi connectivity index (χ2v) is 13.0. The van der Waals surface area contributed by atoms with E-state index in [9.17, 15) is 0 Å². The molecule has 1 aromatic rings. The third kappa shape index (κ3) is 4.99. The average Bonchev–Trinajstić information content (AvgIpc) is 2.59. The fourth-order valence-electron chi connectivity index (χ4n) is 4.17. The highest BCUT2D eigenvalue weighted by Crippen LogP contribution is 2.41. The zero-order chi connectivity index (χ0) is 23.3. The van der Waals surface area contributed by atoms with Gasteiger partial charge in [0.2, 0.25) is 11.9 Å². The molecule has 2 aliphatic rings. The van der Waals surface area contributed by atoms with Gasteiger partial charge in [-0.05, 0) is 77.0 Å². The molecule has 31 heavy (non-hydrogen) atoms. The molecule has 2 aliphatic heterocycles. The summed E-state index contributed by atoms with van der Waals surface area (Å²) >= 11 is 0. The van der Waals surface area contributed by atoms with Crippen molar-refractivity contribution < 1.29 is 0 Å². The standard InChI is InChI=1S/C25H46N6/c1-21(2,3)23(7,8)30-19-26-18(25-15-11-13-17(29-25)14-12-16-25)27-20(28-19)31-24(9,10)22(4,5)6/h17,29H,11-16H2,1-10H3,(H2,26,27,28,30,31). The van der Waals surface area contributed by atoms with Crippen LogP contribution in [0.2, 0.25) is 0 Å². The van der Waals surface area contributed by atoms with E-state index in [1.165, 1.54) is 25.7 Å². The molecular weight excluding hydrogens is 384 g/mol. The molecule has 0 aromatic carbocycles. The minimum Gasteiger partial charge on any atom is -0.349 e. The first kappa shape index (κ1) is 24.2. The van der Waals surface area contributed by atoms with Crippen molar-refractivity contribution in [1.29, 1.82) is 0 Å². The van der Waals surface area contributed by atoms with E-state index in [1.54, 1.807) is 0 Å². The predicted molar refractivity (Wildman–Crippen MR) is 130 cm³/mol. The molecule has 3 rings (SSSR count). The molecule has 0 spiro atoms. The van der Waals surface area contributed by atoms with Crippen molar-refractivity contribution in [1.82, 2.24) is 20.3 Å². The van der Waals surface area contributed by atoms with E-state index >= 15 is 0 Å². The molecule has 6 heteroatoms. The van der Waals surface area contributed by atoms with Crippen molar-refractivity contribution in [2.24, 2.45) is 10.8 Å². The topological polar surface area (TPSA) is 74.8 Å². The number of aromatic nitrogens is 3. The highest BCUT2D eigenvalue weighted by molar-refractivity contribution is 5.40. The van der Waals surface area contributed by atoms with Gasteiger partial charge in [-0.15, -0.1) is 0 Å². The maximum absolute atomic E-state index is 5.02. The molecular formula is C25H46N6. The van der Waals surface area contributed by atoms with Crippen molar-refractivity contribution in [3.63, 3.8) is 0 Å². The number of hydrogen-bond donors (Lipinski definition) is 3. The number of piperidine rings is 2. The first-order valence-electron chi connectivity index (χ1n) is 12.2. The number of hydrogen-bond acceptors (Lipinski definition) is 6. The van der Waals surface area contributed by atoms with Crippen LogP contribution < -0.4 is 16.0 Å². The van der Waals surface area contributed by atoms with Crippen molar-refractivity contribution in [2.45, 2.75) is 130 Å². The summed E-state index contributed by atoms with van der Waals surface area (Å²) in [6, 6.07) is 0.587. The Balaban J connectivity index is 2.04. The summed E-state index contributed by atoms with van der Waals surface area (Å²) in [5.41, 5.74) is -0.371. The molecule has 0 radical (unpaired) electrons. The highest BCUT2D eigenvalue weighted by Gasteiger charge is 2.43. The van der Waals surface area contributed by atoms with Crippen LogP contribution in [0.4, 0.5) is 11.9 Å². The van der Waals surface area contributed by atoms with Gasteiger partial charge in [0.05, 0.1) is 5.54 Å². The van der Waals surface area contributed by atoms with Gasteiger partial charge >= 0.3 is 0 Å². The Bertz CT molecular complexity index is 728. The minimum atomic E-state index is -0.171. The molecule has 3 heterocycles. The van der Waals surface area contributed by atoms with E-state index in [4.69, 9.17) is 15.0 Å². The SMILES string of the molecule is CC(C)(C)C(C)(C)Nc1nc(NC(C)(C)C(C)(C)C)nc(C23CCCC(CCC2)N3)n1. The number of nitrogens with one attached hydrogen (secondary N) is 3. The quantitative estimate of drug-likeness (QED) is 0.543. The smallest absolute Gasteiger partial charge is 0.228 e. The van der Waals surface area contributed by atoms with Gasteiger partial charge in [0.15, 0.2) is 5.82 Å². The fraction of sp³-hybridized carbons (Fsp3) is 0.880. The number of nitrogens with zero attached hydrogens (tertiary/aromatic N) is 3. The lowest BCUT2D eigenvalue weighted by atomic mass is 9.75. The van der Waals surface area contributed by atoms with Crippen molar-refractivity contribution in [3.05, 3.63) is 5.82 Å². The Morgan fingerprint density at radius 3 is 1.52 bits per heavy atom. The van der Waals surface area contributed by atoms with Crippen molar-refractivity contribution >= 4 is 11.9 Å². The Hall–Kier alpha value is -1.43. The molecule has 0 atom stereocenters. The van der Waals surface area contributed by atoms with Crippen LogP contribution >= 0.6 is 0 Å². The van der Waals surface area contributed by atoms with Gasteiger partial charge in [-0.2, -0.15) is 15.0 Å². The van der Waals surface area contributed by atoms with Gasteiger partial charge < -0.3 is 16.0 Å². The molecule has 176 valence electrons. The molecule has 2 bridgehead atoms. The Labute approximate surface area is 190 Å². The Morgan fingerprint density at radius 1 is 0.710 bits per heavy atom. The lowest BCUT2D eigenvalue weighted by molar-refractivity contribution is 0.132. The predicted octanol–water partition coefficient (Wildman–Crippen LogP) is 5.87. The second kappa shape index (κ2) is 7.86. The monoisotopic (exact) mass is 430 g/mol. The minimum absolute atomic E-state index is 0.0510. The Kier molecular flexibility index (Phi) is 6.14. The first-order valence-corrected chi connectivity index (χ1v) is 12.2. The lowest BCUT2D eigenvalue weighted by Gasteiger charge is -2.46. The molecule has 2 saturated heterocycles. The van der Waals surface area contributed by atoms with Gasteiger partial charge in [-0.25, -0.2) is 0 Å². The molecule has 3 N–H and O–H groups in total. The Morgan fingerprint density at radius 2 is 1.13 bits per heavy atom. The second-order valence-electron chi connectivity index (χ2n) is 13.0. The van der Waals surface area contributed by atoms with E-state index in [2.05, 4.69) is 85.2 Å². The summed E-state index contributed by atoms with van der Waals surface area (Å²) in [4.78, 5) is 14.9. The van der Waals surface area contributed by atoms with E-state index in [1.807, 2.05) is 0 Å². The van der Waals surface area contributed by atoms with E-state index < -0.39 is 0 Å². The maximum atomic E-state index is 5.02. The van der Waals surface area contributed by atoms with Crippen LogP contribution in [0.3, 0.4) is 0 Å². The van der Waals surface area contributed by atoms with Gasteiger partial charge in [0, 0.05) is 17.1 Å². The zero-order valence-corrected chi connectivity index (χ0v) is 21.7. The van der Waals surface area contributed by atoms with Crippen LogP contribution in [0.25, 0.3) is 0 Å². The summed E-state index contributed by atoms with van der Waals surface area (Å²) < 4.78 is 0. The molecule has 0 amide bonds. The summed E-state index contributed by atoms with van der Waals surface area (Å²) in [5.74, 6) is 2.23. The molecule has 1 aromatic heterocycles. The lowest BCUT2D eigenvalue weighted by Crippen LogP contribution is -2.55. The van der Waals surface area contributed by atoms with Crippen LogP contribution in [0, 0.1) is 10.8 Å². The summed E-state index contributed by atoms with van der Waals surface area (Å²) in [7, 11) is 0. The number of fused-ring (bicyclic) bond motifs is 2. The highest BCUT2D eigenvalue weighted by atomic mass is 15.3. The van der Waals surface area contributed by atoms with Crippen molar-refractivity contribution in [3.8, 4) is 0 Å². The number of rotatable bonds is 5. The van der Waals surface area contributed by atoms with Crippen LogP contribution in [-0.4, -0.2) is 32.1 Å². The summed E-state index contributed by atoms with van der Waals surface area (Å²) in [6.07, 6.45) is 7.18. The maximum Gasteiger partial charge on any atom is 0.228 e. The van der Waals surface area contributed by atoms with E-state index in [0.717, 1.165) is 18.7 Å².